The van der Waals surface area contributed by atoms with E-state index in [0.29, 0.717) is 17.0 Å². The van der Waals surface area contributed by atoms with Gasteiger partial charge in [0.1, 0.15) is 33.6 Å². The van der Waals surface area contributed by atoms with Crippen LogP contribution in [-0.4, -0.2) is 25.0 Å². The van der Waals surface area contributed by atoms with Gasteiger partial charge in [0, 0.05) is 22.4 Å². The Labute approximate surface area is 147 Å². The number of aromatic nitrogens is 2. The van der Waals surface area contributed by atoms with Gasteiger partial charge in [0.05, 0.1) is 0 Å². The molecular formula is C16H15BrN4OS. The summed E-state index contributed by atoms with van der Waals surface area (Å²) in [6.45, 7) is 5.52. The number of rotatable bonds is 3. The minimum atomic E-state index is -1.49. The van der Waals surface area contributed by atoms with Crippen molar-refractivity contribution in [3.8, 4) is 6.07 Å². The molecule has 0 aliphatic carbocycles. The van der Waals surface area contributed by atoms with Crippen molar-refractivity contribution < 1.29 is 4.55 Å². The standard InChI is InChI=1S/C16H15BrN4OS/c1-16(2,3)23(22)21-14(11-5-4-6-12(17)9-11)15-13(10-18)19-7-8-20-15/h4-9H,1-3H3/b21-14+. The van der Waals surface area contributed by atoms with Crippen molar-refractivity contribution in [3.05, 3.63) is 58.1 Å². The number of halogens is 1. The molecule has 23 heavy (non-hydrogen) atoms. The molecular weight excluding hydrogens is 376 g/mol. The van der Waals surface area contributed by atoms with Gasteiger partial charge in [0.15, 0.2) is 5.69 Å². The average Bonchev–Trinajstić information content (AvgIpc) is 2.51. The molecule has 1 atom stereocenters. The summed E-state index contributed by atoms with van der Waals surface area (Å²) in [6.07, 6.45) is 2.94. The summed E-state index contributed by atoms with van der Waals surface area (Å²) in [5.74, 6) is 0. The van der Waals surface area contributed by atoms with E-state index in [1.54, 1.807) is 0 Å². The van der Waals surface area contributed by atoms with Crippen LogP contribution in [0.5, 0.6) is 0 Å². The third-order valence-corrected chi connectivity index (χ3v) is 4.71. The van der Waals surface area contributed by atoms with Crippen LogP contribution >= 0.6 is 15.9 Å². The normalized spacial score (nSPS) is 13.5. The second kappa shape index (κ2) is 7.21. The fourth-order valence-corrected chi connectivity index (χ4v) is 2.71. The molecule has 0 radical (unpaired) electrons. The summed E-state index contributed by atoms with van der Waals surface area (Å²) in [5, 5.41) is 9.27. The van der Waals surface area contributed by atoms with Crippen LogP contribution in [0, 0.1) is 11.3 Å². The van der Waals surface area contributed by atoms with Gasteiger partial charge < -0.3 is 4.55 Å². The predicted octanol–water partition coefficient (Wildman–Crippen LogP) is 3.41. The van der Waals surface area contributed by atoms with E-state index in [0.717, 1.165) is 4.47 Å². The highest BCUT2D eigenvalue weighted by atomic mass is 79.9. The lowest BCUT2D eigenvalue weighted by atomic mass is 10.1. The SMILES string of the molecule is CC(C)(C)[S+]([O-])/N=C(\c1cccc(Br)c1)c1nccnc1C#N. The topological polar surface area (TPSA) is 85.0 Å². The maximum Gasteiger partial charge on any atom is 0.168 e. The molecule has 1 aromatic heterocycles. The number of hydrogen-bond acceptors (Lipinski definition) is 5. The van der Waals surface area contributed by atoms with E-state index in [-0.39, 0.29) is 5.69 Å². The Balaban J connectivity index is 2.66. The molecule has 5 nitrogen and oxygen atoms in total. The molecule has 0 bridgehead atoms. The minimum Gasteiger partial charge on any atom is -0.591 e. The molecule has 0 saturated carbocycles. The fourth-order valence-electron chi connectivity index (χ4n) is 1.68. The zero-order valence-corrected chi connectivity index (χ0v) is 15.3. The average molecular weight is 391 g/mol. The van der Waals surface area contributed by atoms with Gasteiger partial charge in [-0.1, -0.05) is 32.5 Å². The summed E-state index contributed by atoms with van der Waals surface area (Å²) >= 11 is 1.92. The maximum atomic E-state index is 12.5. The zero-order chi connectivity index (χ0) is 17.0. The molecule has 0 N–H and O–H groups in total. The van der Waals surface area contributed by atoms with E-state index in [9.17, 15) is 9.81 Å². The first-order valence-electron chi connectivity index (χ1n) is 6.81. The van der Waals surface area contributed by atoms with Crippen molar-refractivity contribution >= 4 is 33.0 Å². The van der Waals surface area contributed by atoms with Gasteiger partial charge in [-0.3, -0.25) is 0 Å². The molecule has 0 amide bonds. The molecule has 0 fully saturated rings. The molecule has 2 aromatic rings. The van der Waals surface area contributed by atoms with Crippen molar-refractivity contribution in [2.75, 3.05) is 0 Å². The van der Waals surface area contributed by atoms with Gasteiger partial charge in [-0.05, 0) is 32.9 Å². The number of benzene rings is 1. The summed E-state index contributed by atoms with van der Waals surface area (Å²) in [5.41, 5.74) is 1.58. The molecule has 7 heteroatoms. The highest BCUT2D eigenvalue weighted by Crippen LogP contribution is 2.22. The monoisotopic (exact) mass is 390 g/mol. The van der Waals surface area contributed by atoms with Crippen LogP contribution in [-0.2, 0) is 11.4 Å². The Bertz CT molecular complexity index is 780. The molecule has 118 valence electrons. The van der Waals surface area contributed by atoms with Crippen LogP contribution in [0.4, 0.5) is 0 Å². The van der Waals surface area contributed by atoms with Crippen LogP contribution in [0.1, 0.15) is 37.7 Å². The molecule has 0 saturated heterocycles. The maximum absolute atomic E-state index is 12.5. The lowest BCUT2D eigenvalue weighted by molar-refractivity contribution is 0.561. The molecule has 2 rings (SSSR count). The number of nitrogens with zero attached hydrogens (tertiary/aromatic N) is 4. The van der Waals surface area contributed by atoms with Crippen LogP contribution in [0.3, 0.4) is 0 Å². The summed E-state index contributed by atoms with van der Waals surface area (Å²) in [7, 11) is 0. The van der Waals surface area contributed by atoms with Gasteiger partial charge >= 0.3 is 0 Å². The molecule has 0 aliphatic heterocycles. The Morgan fingerprint density at radius 1 is 1.30 bits per heavy atom. The van der Waals surface area contributed by atoms with Crippen molar-refractivity contribution in [2.24, 2.45) is 4.40 Å². The Kier molecular flexibility index (Phi) is 5.52. The summed E-state index contributed by atoms with van der Waals surface area (Å²) < 4.78 is 17.2. The van der Waals surface area contributed by atoms with Crippen LogP contribution in [0.15, 0.2) is 45.5 Å². The number of nitriles is 1. The highest BCUT2D eigenvalue weighted by molar-refractivity contribution is 9.10. The van der Waals surface area contributed by atoms with Crippen molar-refractivity contribution in [1.82, 2.24) is 9.97 Å². The van der Waals surface area contributed by atoms with E-state index in [1.807, 2.05) is 51.1 Å². The lowest BCUT2D eigenvalue weighted by Crippen LogP contribution is -2.27. The lowest BCUT2D eigenvalue weighted by Gasteiger charge is -2.19. The molecule has 1 unspecified atom stereocenters. The van der Waals surface area contributed by atoms with Crippen molar-refractivity contribution in [2.45, 2.75) is 25.5 Å². The van der Waals surface area contributed by atoms with Gasteiger partial charge in [0.2, 0.25) is 0 Å². The van der Waals surface area contributed by atoms with Gasteiger partial charge in [0.25, 0.3) is 0 Å². The van der Waals surface area contributed by atoms with E-state index >= 15 is 0 Å². The molecule has 0 aliphatic rings. The molecule has 1 heterocycles. The molecule has 0 spiro atoms. The second-order valence-corrected chi connectivity index (χ2v) is 8.50. The first-order valence-corrected chi connectivity index (χ1v) is 8.71. The molecule has 1 aromatic carbocycles. The Hall–Kier alpha value is -1.75. The van der Waals surface area contributed by atoms with Crippen LogP contribution < -0.4 is 0 Å². The number of hydrogen-bond donors (Lipinski definition) is 0. The van der Waals surface area contributed by atoms with Gasteiger partial charge in [-0.25, -0.2) is 9.97 Å². The third-order valence-electron chi connectivity index (χ3n) is 2.82. The first kappa shape index (κ1) is 17.6. The smallest absolute Gasteiger partial charge is 0.168 e. The van der Waals surface area contributed by atoms with E-state index in [1.165, 1.54) is 12.4 Å². The first-order chi connectivity index (χ1) is 10.8. The summed E-state index contributed by atoms with van der Waals surface area (Å²) in [4.78, 5) is 8.25. The predicted molar refractivity (Wildman–Crippen MR) is 94.4 cm³/mol. The second-order valence-electron chi connectivity index (χ2n) is 5.68. The Morgan fingerprint density at radius 2 is 2.00 bits per heavy atom. The largest absolute Gasteiger partial charge is 0.591 e. The van der Waals surface area contributed by atoms with Gasteiger partial charge in [-0.2, -0.15) is 5.26 Å². The van der Waals surface area contributed by atoms with Crippen molar-refractivity contribution in [1.29, 1.82) is 5.26 Å². The zero-order valence-electron chi connectivity index (χ0n) is 12.9. The van der Waals surface area contributed by atoms with Crippen LogP contribution in [0.25, 0.3) is 0 Å². The minimum absolute atomic E-state index is 0.150. The van der Waals surface area contributed by atoms with Gasteiger partial charge in [-0.15, -0.1) is 0 Å². The summed E-state index contributed by atoms with van der Waals surface area (Å²) in [6, 6.07) is 9.41. The van der Waals surface area contributed by atoms with E-state index in [4.69, 9.17) is 0 Å². The fraction of sp³-hybridized carbons (Fsp3) is 0.250. The van der Waals surface area contributed by atoms with E-state index < -0.39 is 16.1 Å². The van der Waals surface area contributed by atoms with Crippen LogP contribution in [0.2, 0.25) is 0 Å². The quantitative estimate of drug-likeness (QED) is 0.593. The van der Waals surface area contributed by atoms with Crippen molar-refractivity contribution in [3.63, 3.8) is 0 Å². The Morgan fingerprint density at radius 3 is 2.61 bits per heavy atom. The van der Waals surface area contributed by atoms with E-state index in [2.05, 4.69) is 30.3 Å². The highest BCUT2D eigenvalue weighted by Gasteiger charge is 2.29. The third kappa shape index (κ3) is 4.38.